The smallest absolute Gasteiger partial charge is 0.416 e. The summed E-state index contributed by atoms with van der Waals surface area (Å²) in [5.74, 6) is 0.342. The highest BCUT2D eigenvalue weighted by molar-refractivity contribution is 5.35. The van der Waals surface area contributed by atoms with Gasteiger partial charge in [0.15, 0.2) is 0 Å². The molecular weight excluding hydrogens is 335 g/mol. The van der Waals surface area contributed by atoms with E-state index in [1.165, 1.54) is 6.07 Å². The first-order valence-corrected chi connectivity index (χ1v) is 8.16. The van der Waals surface area contributed by atoms with Crippen molar-refractivity contribution in [3.63, 3.8) is 0 Å². The highest BCUT2D eigenvalue weighted by atomic mass is 19.4. The lowest BCUT2D eigenvalue weighted by Crippen LogP contribution is -2.31. The number of hydrogen-bond acceptors (Lipinski definition) is 4. The second-order valence-electron chi connectivity index (χ2n) is 6.27. The van der Waals surface area contributed by atoms with E-state index >= 15 is 0 Å². The maximum atomic E-state index is 13.0. The van der Waals surface area contributed by atoms with Crippen molar-refractivity contribution in [3.05, 3.63) is 53.5 Å². The van der Waals surface area contributed by atoms with Crippen LogP contribution >= 0.6 is 0 Å². The standard InChI is InChI=1S/C18H20F3NO3/c19-18(20,21)14-7-13(8-15(23)9-14)10-22(11-16-3-1-5-24-16)12-17-4-2-6-25-17/h1,3,5,7-9,17,23H,2,4,6,10-12H2. The van der Waals surface area contributed by atoms with Crippen molar-refractivity contribution in [1.82, 2.24) is 4.90 Å². The Morgan fingerprint density at radius 3 is 2.68 bits per heavy atom. The van der Waals surface area contributed by atoms with Gasteiger partial charge in [-0.25, -0.2) is 0 Å². The first kappa shape index (κ1) is 17.8. The number of phenolic OH excluding ortho intramolecular Hbond substituents is 1. The minimum Gasteiger partial charge on any atom is -0.508 e. The van der Waals surface area contributed by atoms with Crippen LogP contribution < -0.4 is 0 Å². The van der Waals surface area contributed by atoms with Crippen molar-refractivity contribution in [1.29, 1.82) is 0 Å². The first-order chi connectivity index (χ1) is 11.9. The van der Waals surface area contributed by atoms with E-state index in [9.17, 15) is 18.3 Å². The number of aromatic hydroxyl groups is 1. The fourth-order valence-electron chi connectivity index (χ4n) is 3.07. The predicted molar refractivity (Wildman–Crippen MR) is 84.9 cm³/mol. The number of furan rings is 1. The van der Waals surface area contributed by atoms with Gasteiger partial charge in [-0.15, -0.1) is 0 Å². The van der Waals surface area contributed by atoms with Crippen molar-refractivity contribution in [2.24, 2.45) is 0 Å². The summed E-state index contributed by atoms with van der Waals surface area (Å²) < 4.78 is 49.9. The number of nitrogens with zero attached hydrogens (tertiary/aromatic N) is 1. The Kier molecular flexibility index (Phi) is 5.34. The third kappa shape index (κ3) is 4.99. The van der Waals surface area contributed by atoms with Crippen LogP contribution in [-0.2, 0) is 24.0 Å². The first-order valence-electron chi connectivity index (χ1n) is 8.16. The molecule has 1 N–H and O–H groups in total. The topological polar surface area (TPSA) is 45.8 Å². The molecule has 4 nitrogen and oxygen atoms in total. The molecule has 3 rings (SSSR count). The molecule has 1 unspecified atom stereocenters. The molecule has 0 radical (unpaired) electrons. The molecule has 1 fully saturated rings. The molecular formula is C18H20F3NO3. The molecule has 0 bridgehead atoms. The van der Waals surface area contributed by atoms with E-state index in [0.717, 1.165) is 30.7 Å². The minimum absolute atomic E-state index is 0.0642. The molecule has 25 heavy (non-hydrogen) atoms. The molecule has 2 aromatic rings. The van der Waals surface area contributed by atoms with Gasteiger partial charge in [-0.3, -0.25) is 4.90 Å². The van der Waals surface area contributed by atoms with E-state index in [4.69, 9.17) is 9.15 Å². The van der Waals surface area contributed by atoms with Gasteiger partial charge in [-0.05, 0) is 48.7 Å². The monoisotopic (exact) mass is 355 g/mol. The third-order valence-electron chi connectivity index (χ3n) is 4.16. The maximum Gasteiger partial charge on any atom is 0.416 e. The van der Waals surface area contributed by atoms with Crippen molar-refractivity contribution in [2.75, 3.05) is 13.2 Å². The summed E-state index contributed by atoms with van der Waals surface area (Å²) in [6.45, 7) is 2.03. The molecule has 0 saturated carbocycles. The van der Waals surface area contributed by atoms with E-state index < -0.39 is 11.7 Å². The molecule has 0 amide bonds. The fourth-order valence-corrected chi connectivity index (χ4v) is 3.07. The summed E-state index contributed by atoms with van der Waals surface area (Å²) in [6, 6.07) is 6.77. The molecule has 1 aromatic carbocycles. The Bertz CT molecular complexity index is 679. The summed E-state index contributed by atoms with van der Waals surface area (Å²) in [5.41, 5.74) is -0.450. The van der Waals surface area contributed by atoms with Crippen molar-refractivity contribution in [2.45, 2.75) is 38.2 Å². The van der Waals surface area contributed by atoms with E-state index in [2.05, 4.69) is 0 Å². The van der Waals surface area contributed by atoms with Gasteiger partial charge < -0.3 is 14.3 Å². The number of rotatable bonds is 6. The summed E-state index contributed by atoms with van der Waals surface area (Å²) >= 11 is 0. The lowest BCUT2D eigenvalue weighted by molar-refractivity contribution is -0.137. The van der Waals surface area contributed by atoms with Gasteiger partial charge in [0.25, 0.3) is 0 Å². The molecule has 1 aliphatic rings. The minimum atomic E-state index is -4.49. The third-order valence-corrected chi connectivity index (χ3v) is 4.16. The van der Waals surface area contributed by atoms with Crippen LogP contribution in [0.15, 0.2) is 41.0 Å². The molecule has 1 aromatic heterocycles. The average Bonchev–Trinajstić information content (AvgIpc) is 3.19. The van der Waals surface area contributed by atoms with E-state index in [0.29, 0.717) is 25.3 Å². The Hall–Kier alpha value is -1.99. The van der Waals surface area contributed by atoms with Crippen LogP contribution in [-0.4, -0.2) is 29.3 Å². The van der Waals surface area contributed by atoms with Crippen LogP contribution in [0.25, 0.3) is 0 Å². The van der Waals surface area contributed by atoms with Crippen LogP contribution in [0.4, 0.5) is 13.2 Å². The second-order valence-corrected chi connectivity index (χ2v) is 6.27. The Morgan fingerprint density at radius 2 is 2.04 bits per heavy atom. The number of alkyl halides is 3. The quantitative estimate of drug-likeness (QED) is 0.844. The normalized spacial score (nSPS) is 18.2. The Balaban J connectivity index is 1.77. The summed E-state index contributed by atoms with van der Waals surface area (Å²) in [4.78, 5) is 1.98. The maximum absolute atomic E-state index is 13.0. The van der Waals surface area contributed by atoms with Gasteiger partial charge in [-0.2, -0.15) is 13.2 Å². The van der Waals surface area contributed by atoms with Gasteiger partial charge in [0.05, 0.1) is 24.5 Å². The molecule has 1 saturated heterocycles. The SMILES string of the molecule is Oc1cc(CN(Cc2ccco2)CC2CCCO2)cc(C(F)(F)F)c1. The molecule has 0 aliphatic carbocycles. The van der Waals surface area contributed by atoms with Crippen molar-refractivity contribution < 1.29 is 27.4 Å². The summed E-state index contributed by atoms with van der Waals surface area (Å²) in [6.07, 6.45) is -0.940. The molecule has 1 atom stereocenters. The number of hydrogen-bond donors (Lipinski definition) is 1. The highest BCUT2D eigenvalue weighted by Gasteiger charge is 2.31. The Morgan fingerprint density at radius 1 is 1.20 bits per heavy atom. The average molecular weight is 355 g/mol. The second kappa shape index (κ2) is 7.49. The number of benzene rings is 1. The zero-order valence-corrected chi connectivity index (χ0v) is 13.6. The zero-order chi connectivity index (χ0) is 17.9. The summed E-state index contributed by atoms with van der Waals surface area (Å²) in [7, 11) is 0. The highest BCUT2D eigenvalue weighted by Crippen LogP contribution is 2.32. The number of phenols is 1. The van der Waals surface area contributed by atoms with Crippen LogP contribution in [0.1, 0.15) is 29.7 Å². The van der Waals surface area contributed by atoms with Crippen LogP contribution in [0.5, 0.6) is 5.75 Å². The van der Waals surface area contributed by atoms with E-state index in [1.807, 2.05) is 11.0 Å². The van der Waals surface area contributed by atoms with Crippen molar-refractivity contribution >= 4 is 0 Å². The fraction of sp³-hybridized carbons (Fsp3) is 0.444. The summed E-state index contributed by atoms with van der Waals surface area (Å²) in [5, 5.41) is 9.65. The van der Waals surface area contributed by atoms with E-state index in [-0.39, 0.29) is 18.4 Å². The number of halogens is 3. The molecule has 136 valence electrons. The van der Waals surface area contributed by atoms with Gasteiger partial charge in [0, 0.05) is 19.7 Å². The predicted octanol–water partition coefficient (Wildman–Crippen LogP) is 4.19. The van der Waals surface area contributed by atoms with Crippen LogP contribution in [0.2, 0.25) is 0 Å². The van der Waals surface area contributed by atoms with Gasteiger partial charge >= 0.3 is 6.18 Å². The molecule has 1 aliphatic heterocycles. The molecule has 2 heterocycles. The van der Waals surface area contributed by atoms with Gasteiger partial charge in [0.1, 0.15) is 11.5 Å². The van der Waals surface area contributed by atoms with Crippen LogP contribution in [0.3, 0.4) is 0 Å². The Labute approximate surface area is 143 Å². The van der Waals surface area contributed by atoms with Gasteiger partial charge in [-0.1, -0.05) is 0 Å². The van der Waals surface area contributed by atoms with Crippen molar-refractivity contribution in [3.8, 4) is 5.75 Å². The number of ether oxygens (including phenoxy) is 1. The largest absolute Gasteiger partial charge is 0.508 e. The molecule has 0 spiro atoms. The van der Waals surface area contributed by atoms with Crippen LogP contribution in [0, 0.1) is 0 Å². The lowest BCUT2D eigenvalue weighted by Gasteiger charge is -2.25. The lowest BCUT2D eigenvalue weighted by atomic mass is 10.1. The van der Waals surface area contributed by atoms with Gasteiger partial charge in [0.2, 0.25) is 0 Å². The van der Waals surface area contributed by atoms with E-state index in [1.54, 1.807) is 12.3 Å². The molecule has 7 heteroatoms. The zero-order valence-electron chi connectivity index (χ0n) is 13.6.